The molecule has 0 aromatic carbocycles. The van der Waals surface area contributed by atoms with E-state index in [0.717, 1.165) is 0 Å². The van der Waals surface area contributed by atoms with Crippen LogP contribution in [0.4, 0.5) is 0 Å². The minimum absolute atomic E-state index is 0.177. The predicted octanol–water partition coefficient (Wildman–Crippen LogP) is 1.66. The van der Waals surface area contributed by atoms with Crippen molar-refractivity contribution >= 4 is 23.1 Å². The van der Waals surface area contributed by atoms with Crippen LogP contribution in [-0.2, 0) is 0 Å². The third-order valence-corrected chi connectivity index (χ3v) is 3.36. The number of thiocarbonyl (C=S) groups is 1. The summed E-state index contributed by atoms with van der Waals surface area (Å²) in [6.45, 7) is 3.91. The Morgan fingerprint density at radius 2 is 1.94 bits per heavy atom. The quantitative estimate of drug-likeness (QED) is 0.781. The van der Waals surface area contributed by atoms with Gasteiger partial charge in [0.05, 0.1) is 10.5 Å². The van der Waals surface area contributed by atoms with Gasteiger partial charge in [-0.05, 0) is 25.0 Å². The molecule has 0 aliphatic heterocycles. The van der Waals surface area contributed by atoms with Crippen LogP contribution in [0.3, 0.4) is 0 Å². The molecule has 5 heteroatoms. The van der Waals surface area contributed by atoms with Gasteiger partial charge in [0.15, 0.2) is 0 Å². The molecule has 4 nitrogen and oxygen atoms in total. The molecule has 0 aliphatic rings. The monoisotopic (exact) mass is 251 g/mol. The van der Waals surface area contributed by atoms with E-state index in [9.17, 15) is 4.79 Å². The predicted molar refractivity (Wildman–Crippen MR) is 71.8 cm³/mol. The lowest BCUT2D eigenvalue weighted by molar-refractivity contribution is 0.0919. The normalized spacial score (nSPS) is 10.9. The number of rotatable bonds is 5. The SMILES string of the molecule is CCC(CC)(NC(=O)c1ccncc1)C(N)=S. The van der Waals surface area contributed by atoms with Crippen LogP contribution in [0.15, 0.2) is 24.5 Å². The lowest BCUT2D eigenvalue weighted by Crippen LogP contribution is -2.55. The topological polar surface area (TPSA) is 68.0 Å². The van der Waals surface area contributed by atoms with E-state index in [0.29, 0.717) is 23.4 Å². The molecule has 1 aromatic rings. The van der Waals surface area contributed by atoms with Gasteiger partial charge in [0.25, 0.3) is 5.91 Å². The largest absolute Gasteiger partial charge is 0.391 e. The Hall–Kier alpha value is -1.49. The summed E-state index contributed by atoms with van der Waals surface area (Å²) in [7, 11) is 0. The maximum Gasteiger partial charge on any atom is 0.252 e. The van der Waals surface area contributed by atoms with E-state index in [2.05, 4.69) is 10.3 Å². The van der Waals surface area contributed by atoms with Crippen molar-refractivity contribution in [3.8, 4) is 0 Å². The third kappa shape index (κ3) is 3.00. The smallest absolute Gasteiger partial charge is 0.252 e. The molecule has 1 aromatic heterocycles. The van der Waals surface area contributed by atoms with Crippen molar-refractivity contribution in [2.75, 3.05) is 0 Å². The lowest BCUT2D eigenvalue weighted by atomic mass is 9.92. The second-order valence-corrected chi connectivity index (χ2v) is 4.28. The minimum atomic E-state index is -0.602. The van der Waals surface area contributed by atoms with Gasteiger partial charge in [0, 0.05) is 18.0 Å². The van der Waals surface area contributed by atoms with Gasteiger partial charge < -0.3 is 11.1 Å². The molecule has 1 amide bonds. The fourth-order valence-electron chi connectivity index (χ4n) is 1.63. The number of nitrogens with zero attached hydrogens (tertiary/aromatic N) is 1. The number of nitrogens with two attached hydrogens (primary N) is 1. The van der Waals surface area contributed by atoms with Crippen LogP contribution < -0.4 is 11.1 Å². The maximum absolute atomic E-state index is 12.0. The van der Waals surface area contributed by atoms with Gasteiger partial charge in [0.1, 0.15) is 0 Å². The zero-order valence-corrected chi connectivity index (χ0v) is 10.9. The van der Waals surface area contributed by atoms with E-state index in [1.807, 2.05) is 13.8 Å². The van der Waals surface area contributed by atoms with Crippen molar-refractivity contribution in [2.45, 2.75) is 32.2 Å². The summed E-state index contributed by atoms with van der Waals surface area (Å²) in [5.74, 6) is -0.177. The van der Waals surface area contributed by atoms with Crippen molar-refractivity contribution in [2.24, 2.45) is 5.73 Å². The molecule has 3 N–H and O–H groups in total. The Balaban J connectivity index is 2.89. The first-order valence-corrected chi connectivity index (χ1v) is 5.99. The molecule has 0 bridgehead atoms. The van der Waals surface area contributed by atoms with Crippen LogP contribution in [-0.4, -0.2) is 21.4 Å². The number of carbonyl (C=O) groups is 1. The third-order valence-electron chi connectivity index (χ3n) is 2.97. The summed E-state index contributed by atoms with van der Waals surface area (Å²) in [6, 6.07) is 3.32. The Bertz CT molecular complexity index is 401. The van der Waals surface area contributed by atoms with Gasteiger partial charge in [0.2, 0.25) is 0 Å². The molecule has 92 valence electrons. The highest BCUT2D eigenvalue weighted by Crippen LogP contribution is 2.16. The van der Waals surface area contributed by atoms with Gasteiger partial charge in [-0.15, -0.1) is 0 Å². The first-order valence-electron chi connectivity index (χ1n) is 5.58. The standard InChI is InChI=1S/C12H17N3OS/c1-3-12(4-2,11(13)17)15-10(16)9-5-7-14-8-6-9/h5-8H,3-4H2,1-2H3,(H2,13,17)(H,15,16). The summed E-state index contributed by atoms with van der Waals surface area (Å²) in [5.41, 5.74) is 5.68. The van der Waals surface area contributed by atoms with Crippen LogP contribution >= 0.6 is 12.2 Å². The molecule has 17 heavy (non-hydrogen) atoms. The van der Waals surface area contributed by atoms with Crippen molar-refractivity contribution in [3.63, 3.8) is 0 Å². The molecule has 0 radical (unpaired) electrons. The van der Waals surface area contributed by atoms with E-state index in [4.69, 9.17) is 18.0 Å². The number of hydrogen-bond donors (Lipinski definition) is 2. The summed E-state index contributed by atoms with van der Waals surface area (Å²) >= 11 is 5.05. The van der Waals surface area contributed by atoms with Crippen LogP contribution in [0, 0.1) is 0 Å². The summed E-state index contributed by atoms with van der Waals surface area (Å²) < 4.78 is 0. The number of nitrogens with one attached hydrogen (secondary N) is 1. The molecule has 1 heterocycles. The zero-order valence-electron chi connectivity index (χ0n) is 10.1. The van der Waals surface area contributed by atoms with Crippen LogP contribution in [0.25, 0.3) is 0 Å². The van der Waals surface area contributed by atoms with Gasteiger partial charge in [-0.25, -0.2) is 0 Å². The van der Waals surface area contributed by atoms with E-state index in [1.54, 1.807) is 24.5 Å². The van der Waals surface area contributed by atoms with Crippen molar-refractivity contribution in [3.05, 3.63) is 30.1 Å². The average Bonchev–Trinajstić information content (AvgIpc) is 2.36. The molecule has 0 atom stereocenters. The van der Waals surface area contributed by atoms with E-state index in [1.165, 1.54) is 0 Å². The maximum atomic E-state index is 12.0. The number of amides is 1. The highest BCUT2D eigenvalue weighted by Gasteiger charge is 2.31. The molecular formula is C12H17N3OS. The van der Waals surface area contributed by atoms with E-state index >= 15 is 0 Å². The Kier molecular flexibility index (Phi) is 4.57. The fourth-order valence-corrected chi connectivity index (χ4v) is 1.97. The van der Waals surface area contributed by atoms with Crippen molar-refractivity contribution in [1.29, 1.82) is 0 Å². The second kappa shape index (κ2) is 5.72. The lowest BCUT2D eigenvalue weighted by Gasteiger charge is -2.31. The van der Waals surface area contributed by atoms with Gasteiger partial charge in [-0.2, -0.15) is 0 Å². The second-order valence-electron chi connectivity index (χ2n) is 3.84. The highest BCUT2D eigenvalue weighted by molar-refractivity contribution is 7.80. The molecule has 0 fully saturated rings. The van der Waals surface area contributed by atoms with E-state index in [-0.39, 0.29) is 5.91 Å². The Morgan fingerprint density at radius 3 is 2.35 bits per heavy atom. The molecule has 0 saturated carbocycles. The number of hydrogen-bond acceptors (Lipinski definition) is 3. The van der Waals surface area contributed by atoms with Crippen molar-refractivity contribution in [1.82, 2.24) is 10.3 Å². The summed E-state index contributed by atoms with van der Waals surface area (Å²) in [4.78, 5) is 16.2. The number of aromatic nitrogens is 1. The highest BCUT2D eigenvalue weighted by atomic mass is 32.1. The average molecular weight is 251 g/mol. The fraction of sp³-hybridized carbons (Fsp3) is 0.417. The minimum Gasteiger partial charge on any atom is -0.391 e. The van der Waals surface area contributed by atoms with E-state index < -0.39 is 5.54 Å². The Labute approximate surface area is 107 Å². The van der Waals surface area contributed by atoms with Gasteiger partial charge >= 0.3 is 0 Å². The first-order chi connectivity index (χ1) is 8.05. The molecule has 0 aliphatic carbocycles. The van der Waals surface area contributed by atoms with Crippen LogP contribution in [0.5, 0.6) is 0 Å². The molecule has 0 unspecified atom stereocenters. The summed E-state index contributed by atoms with van der Waals surface area (Å²) in [5, 5.41) is 2.91. The summed E-state index contributed by atoms with van der Waals surface area (Å²) in [6.07, 6.45) is 4.51. The van der Waals surface area contributed by atoms with Crippen LogP contribution in [0.2, 0.25) is 0 Å². The molecule has 0 spiro atoms. The molecular weight excluding hydrogens is 234 g/mol. The molecule has 1 rings (SSSR count). The number of pyridine rings is 1. The zero-order chi connectivity index (χ0) is 12.9. The van der Waals surface area contributed by atoms with Crippen molar-refractivity contribution < 1.29 is 4.79 Å². The number of carbonyl (C=O) groups excluding carboxylic acids is 1. The van der Waals surface area contributed by atoms with Gasteiger partial charge in [-0.3, -0.25) is 9.78 Å². The first kappa shape index (κ1) is 13.6. The van der Waals surface area contributed by atoms with Crippen LogP contribution in [0.1, 0.15) is 37.0 Å². The molecule has 0 saturated heterocycles. The van der Waals surface area contributed by atoms with Gasteiger partial charge in [-0.1, -0.05) is 26.1 Å². The Morgan fingerprint density at radius 1 is 1.41 bits per heavy atom.